The van der Waals surface area contributed by atoms with Crippen molar-refractivity contribution in [3.63, 3.8) is 0 Å². The minimum Gasteiger partial charge on any atom is -0.454 e. The van der Waals surface area contributed by atoms with E-state index < -0.39 is 5.97 Å². The Hall–Kier alpha value is -4.06. The van der Waals surface area contributed by atoms with E-state index in [1.165, 1.54) is 4.90 Å². The second-order valence-electron chi connectivity index (χ2n) is 6.80. The number of hydrogen-bond acceptors (Lipinski definition) is 5. The standard InChI is InChI=1S/C24H17NO5/c26-21(17-6-2-1-3-7-17)15-30-24(29)18-12-10-16(11-13-18)14-25-22(27)19-8-4-5-9-20(19)23(25)28/h1-13H,14-15H2. The van der Waals surface area contributed by atoms with Gasteiger partial charge in [0.2, 0.25) is 0 Å². The summed E-state index contributed by atoms with van der Waals surface area (Å²) >= 11 is 0. The summed E-state index contributed by atoms with van der Waals surface area (Å²) in [5.41, 5.74) is 2.24. The first-order valence-corrected chi connectivity index (χ1v) is 9.34. The van der Waals surface area contributed by atoms with Gasteiger partial charge in [-0.05, 0) is 29.8 Å². The van der Waals surface area contributed by atoms with Crippen LogP contribution in [0.25, 0.3) is 0 Å². The molecule has 0 spiro atoms. The van der Waals surface area contributed by atoms with Crippen molar-refractivity contribution in [2.45, 2.75) is 6.54 Å². The predicted octanol–water partition coefficient (Wildman–Crippen LogP) is 3.52. The number of carbonyl (C=O) groups is 4. The van der Waals surface area contributed by atoms with Crippen molar-refractivity contribution in [1.29, 1.82) is 0 Å². The summed E-state index contributed by atoms with van der Waals surface area (Å²) in [5, 5.41) is 0. The molecule has 0 radical (unpaired) electrons. The van der Waals surface area contributed by atoms with E-state index in [1.54, 1.807) is 78.9 Å². The van der Waals surface area contributed by atoms with Crippen LogP contribution in [0.2, 0.25) is 0 Å². The molecule has 0 bridgehead atoms. The number of Topliss-reactive ketones (excluding diaryl/α,β-unsaturated/α-hetero) is 1. The second kappa shape index (κ2) is 8.13. The fourth-order valence-corrected chi connectivity index (χ4v) is 3.23. The Bertz CT molecular complexity index is 1100. The van der Waals surface area contributed by atoms with Crippen molar-refractivity contribution in [3.05, 3.63) is 107 Å². The van der Waals surface area contributed by atoms with E-state index in [2.05, 4.69) is 0 Å². The summed E-state index contributed by atoms with van der Waals surface area (Å²) < 4.78 is 5.09. The van der Waals surface area contributed by atoms with E-state index in [0.717, 1.165) is 0 Å². The molecule has 0 fully saturated rings. The molecule has 1 aliphatic rings. The van der Waals surface area contributed by atoms with Crippen LogP contribution >= 0.6 is 0 Å². The number of amides is 2. The molecule has 6 nitrogen and oxygen atoms in total. The molecule has 1 heterocycles. The molecule has 6 heteroatoms. The lowest BCUT2D eigenvalue weighted by molar-refractivity contribution is 0.0474. The van der Waals surface area contributed by atoms with Gasteiger partial charge in [-0.1, -0.05) is 54.6 Å². The predicted molar refractivity (Wildman–Crippen MR) is 108 cm³/mol. The Kier molecular flexibility index (Phi) is 5.22. The number of fused-ring (bicyclic) bond motifs is 1. The van der Waals surface area contributed by atoms with Gasteiger partial charge >= 0.3 is 5.97 Å². The molecule has 4 rings (SSSR count). The van der Waals surface area contributed by atoms with Crippen molar-refractivity contribution < 1.29 is 23.9 Å². The second-order valence-corrected chi connectivity index (χ2v) is 6.80. The maximum atomic E-state index is 12.5. The monoisotopic (exact) mass is 399 g/mol. The number of hydrogen-bond donors (Lipinski definition) is 0. The summed E-state index contributed by atoms with van der Waals surface area (Å²) in [5.74, 6) is -1.57. The fourth-order valence-electron chi connectivity index (χ4n) is 3.23. The largest absolute Gasteiger partial charge is 0.454 e. The molecule has 0 saturated carbocycles. The molecule has 0 aliphatic carbocycles. The van der Waals surface area contributed by atoms with Crippen LogP contribution in [0.15, 0.2) is 78.9 Å². The van der Waals surface area contributed by atoms with Gasteiger partial charge in [0.25, 0.3) is 11.8 Å². The number of carbonyl (C=O) groups excluding carboxylic acids is 4. The first-order valence-electron chi connectivity index (χ1n) is 9.34. The van der Waals surface area contributed by atoms with E-state index in [4.69, 9.17) is 4.74 Å². The maximum absolute atomic E-state index is 12.5. The Balaban J connectivity index is 1.37. The highest BCUT2D eigenvalue weighted by Crippen LogP contribution is 2.24. The molecule has 2 amide bonds. The summed E-state index contributed by atoms with van der Waals surface area (Å²) in [6, 6.07) is 21.7. The van der Waals surface area contributed by atoms with Crippen LogP contribution in [-0.2, 0) is 11.3 Å². The zero-order valence-corrected chi connectivity index (χ0v) is 15.9. The molecule has 0 N–H and O–H groups in total. The SMILES string of the molecule is O=C(COC(=O)c1ccc(CN2C(=O)c3ccccc3C2=O)cc1)c1ccccc1. The lowest BCUT2D eigenvalue weighted by Gasteiger charge is -2.14. The zero-order chi connectivity index (χ0) is 21.1. The molecule has 3 aromatic rings. The van der Waals surface area contributed by atoms with E-state index in [9.17, 15) is 19.2 Å². The van der Waals surface area contributed by atoms with Crippen LogP contribution in [0.5, 0.6) is 0 Å². The number of imide groups is 1. The molecule has 1 aliphatic heterocycles. The van der Waals surface area contributed by atoms with Gasteiger partial charge in [0.15, 0.2) is 12.4 Å². The molecule has 148 valence electrons. The Morgan fingerprint density at radius 1 is 0.700 bits per heavy atom. The molecule has 0 atom stereocenters. The van der Waals surface area contributed by atoms with Gasteiger partial charge in [0.05, 0.1) is 23.2 Å². The summed E-state index contributed by atoms with van der Waals surface area (Å²) in [7, 11) is 0. The Labute approximate surface area is 172 Å². The Morgan fingerprint density at radius 2 is 1.27 bits per heavy atom. The average Bonchev–Trinajstić information content (AvgIpc) is 3.03. The van der Waals surface area contributed by atoms with Crippen molar-refractivity contribution in [1.82, 2.24) is 4.90 Å². The zero-order valence-electron chi connectivity index (χ0n) is 15.9. The van der Waals surface area contributed by atoms with Crippen LogP contribution in [0.1, 0.15) is 47.0 Å². The van der Waals surface area contributed by atoms with Gasteiger partial charge in [-0.3, -0.25) is 19.3 Å². The normalized spacial score (nSPS) is 12.6. The molecular weight excluding hydrogens is 382 g/mol. The average molecular weight is 399 g/mol. The number of ketones is 1. The van der Waals surface area contributed by atoms with Crippen molar-refractivity contribution in [2.75, 3.05) is 6.61 Å². The number of benzene rings is 3. The molecule has 0 saturated heterocycles. The third-order valence-corrected chi connectivity index (χ3v) is 4.84. The highest BCUT2D eigenvalue weighted by molar-refractivity contribution is 6.21. The number of esters is 1. The quantitative estimate of drug-likeness (QED) is 0.360. The van der Waals surface area contributed by atoms with Crippen LogP contribution in [0.4, 0.5) is 0 Å². The molecule has 0 unspecified atom stereocenters. The lowest BCUT2D eigenvalue weighted by Crippen LogP contribution is -2.29. The third-order valence-electron chi connectivity index (χ3n) is 4.84. The third kappa shape index (κ3) is 3.75. The fraction of sp³-hybridized carbons (Fsp3) is 0.0833. The van der Waals surface area contributed by atoms with Gasteiger partial charge in [-0.2, -0.15) is 0 Å². The molecule has 3 aromatic carbocycles. The highest BCUT2D eigenvalue weighted by Gasteiger charge is 2.34. The summed E-state index contributed by atoms with van der Waals surface area (Å²) in [6.07, 6.45) is 0. The topological polar surface area (TPSA) is 80.8 Å². The summed E-state index contributed by atoms with van der Waals surface area (Å²) in [4.78, 5) is 50.3. The number of ether oxygens (including phenoxy) is 1. The van der Waals surface area contributed by atoms with Gasteiger partial charge in [0.1, 0.15) is 0 Å². The molecule has 30 heavy (non-hydrogen) atoms. The minimum atomic E-state index is -0.619. The van der Waals surface area contributed by atoms with Gasteiger partial charge < -0.3 is 4.74 Å². The van der Waals surface area contributed by atoms with Crippen LogP contribution in [-0.4, -0.2) is 35.1 Å². The van der Waals surface area contributed by atoms with Gasteiger partial charge in [-0.25, -0.2) is 4.79 Å². The van der Waals surface area contributed by atoms with Crippen molar-refractivity contribution in [3.8, 4) is 0 Å². The summed E-state index contributed by atoms with van der Waals surface area (Å²) in [6.45, 7) is -0.242. The highest BCUT2D eigenvalue weighted by atomic mass is 16.5. The van der Waals surface area contributed by atoms with E-state index in [0.29, 0.717) is 22.3 Å². The molecule has 0 aromatic heterocycles. The minimum absolute atomic E-state index is 0.105. The number of nitrogens with zero attached hydrogens (tertiary/aromatic N) is 1. The van der Waals surface area contributed by atoms with Crippen molar-refractivity contribution >= 4 is 23.6 Å². The van der Waals surface area contributed by atoms with Gasteiger partial charge in [0, 0.05) is 5.56 Å². The first kappa shape index (κ1) is 19.3. The van der Waals surface area contributed by atoms with Gasteiger partial charge in [-0.15, -0.1) is 0 Å². The van der Waals surface area contributed by atoms with E-state index in [-0.39, 0.29) is 36.3 Å². The van der Waals surface area contributed by atoms with E-state index in [1.807, 2.05) is 0 Å². The number of rotatable bonds is 6. The molecular formula is C24H17NO5. The van der Waals surface area contributed by atoms with Crippen LogP contribution < -0.4 is 0 Å². The van der Waals surface area contributed by atoms with Crippen LogP contribution in [0, 0.1) is 0 Å². The van der Waals surface area contributed by atoms with Crippen molar-refractivity contribution in [2.24, 2.45) is 0 Å². The van der Waals surface area contributed by atoms with Crippen LogP contribution in [0.3, 0.4) is 0 Å². The lowest BCUT2D eigenvalue weighted by atomic mass is 10.1. The first-order chi connectivity index (χ1) is 14.5. The maximum Gasteiger partial charge on any atom is 0.338 e. The van der Waals surface area contributed by atoms with E-state index >= 15 is 0 Å². The Morgan fingerprint density at radius 3 is 1.87 bits per heavy atom. The smallest absolute Gasteiger partial charge is 0.338 e.